The van der Waals surface area contributed by atoms with Crippen LogP contribution in [0.1, 0.15) is 11.6 Å². The van der Waals surface area contributed by atoms with Gasteiger partial charge in [-0.1, -0.05) is 0 Å². The Bertz CT molecular complexity index is 322. The van der Waals surface area contributed by atoms with Crippen molar-refractivity contribution in [3.8, 4) is 17.2 Å². The Morgan fingerprint density at radius 2 is 1.69 bits per heavy atom. The molecule has 0 spiro atoms. The number of phenols is 1. The number of hydrogen-bond donors (Lipinski definition) is 3. The number of aromatic hydroxyl groups is 1. The molecule has 0 amide bonds. The van der Waals surface area contributed by atoms with E-state index in [9.17, 15) is 5.11 Å². The first-order chi connectivity index (χ1) is 7.13. The first-order valence-electron chi connectivity index (χ1n) is 4.54. The molecule has 0 aliphatic carbocycles. The van der Waals surface area contributed by atoms with E-state index >= 15 is 0 Å². The highest BCUT2D eigenvalue weighted by Gasteiger charge is 2.17. The predicted molar refractivity (Wildman–Crippen MR) is 64.4 cm³/mol. The summed E-state index contributed by atoms with van der Waals surface area (Å²) in [6.07, 6.45) is 0. The largest absolute Gasteiger partial charge is 0.508 e. The van der Waals surface area contributed by atoms with Crippen LogP contribution in [0.3, 0.4) is 0 Å². The molecule has 0 aliphatic rings. The molecule has 5 nitrogen and oxygen atoms in total. The maximum Gasteiger partial charge on any atom is 0.131 e. The van der Waals surface area contributed by atoms with E-state index in [-0.39, 0.29) is 30.7 Å². The fraction of sp³-hybridized carbons (Fsp3) is 0.400. The molecule has 0 fully saturated rings. The van der Waals surface area contributed by atoms with Crippen LogP contribution in [0.15, 0.2) is 12.1 Å². The lowest BCUT2D eigenvalue weighted by molar-refractivity contribution is 0.371. The van der Waals surface area contributed by atoms with Gasteiger partial charge in [-0.05, 0) is 0 Å². The van der Waals surface area contributed by atoms with Crippen molar-refractivity contribution in [2.24, 2.45) is 11.5 Å². The van der Waals surface area contributed by atoms with E-state index in [1.807, 2.05) is 0 Å². The summed E-state index contributed by atoms with van der Waals surface area (Å²) >= 11 is 0. The van der Waals surface area contributed by atoms with Gasteiger partial charge < -0.3 is 26.0 Å². The van der Waals surface area contributed by atoms with Gasteiger partial charge in [0.25, 0.3) is 0 Å². The molecule has 16 heavy (non-hydrogen) atoms. The van der Waals surface area contributed by atoms with Gasteiger partial charge in [0.15, 0.2) is 0 Å². The van der Waals surface area contributed by atoms with Crippen molar-refractivity contribution in [1.29, 1.82) is 0 Å². The van der Waals surface area contributed by atoms with E-state index in [1.54, 1.807) is 0 Å². The Hall–Kier alpha value is -1.17. The van der Waals surface area contributed by atoms with E-state index < -0.39 is 0 Å². The molecule has 0 heterocycles. The highest BCUT2D eigenvalue weighted by Crippen LogP contribution is 2.36. The van der Waals surface area contributed by atoms with Crippen LogP contribution >= 0.6 is 12.4 Å². The number of rotatable bonds is 4. The molecule has 1 aromatic rings. The van der Waals surface area contributed by atoms with Crippen molar-refractivity contribution in [3.05, 3.63) is 17.7 Å². The molecule has 1 atom stereocenters. The molecule has 0 saturated heterocycles. The van der Waals surface area contributed by atoms with Crippen LogP contribution in [0.5, 0.6) is 17.2 Å². The third-order valence-corrected chi connectivity index (χ3v) is 2.15. The summed E-state index contributed by atoms with van der Waals surface area (Å²) in [5.41, 5.74) is 12.0. The third kappa shape index (κ3) is 2.91. The van der Waals surface area contributed by atoms with Crippen molar-refractivity contribution in [3.63, 3.8) is 0 Å². The van der Waals surface area contributed by atoms with Gasteiger partial charge >= 0.3 is 0 Å². The summed E-state index contributed by atoms with van der Waals surface area (Å²) in [5.74, 6) is 1.02. The Morgan fingerprint density at radius 3 is 2.00 bits per heavy atom. The number of methoxy groups -OCH3 is 2. The highest BCUT2D eigenvalue weighted by molar-refractivity contribution is 5.85. The zero-order valence-corrected chi connectivity index (χ0v) is 10.1. The highest BCUT2D eigenvalue weighted by atomic mass is 35.5. The third-order valence-electron chi connectivity index (χ3n) is 2.15. The van der Waals surface area contributed by atoms with Gasteiger partial charge in [0.2, 0.25) is 0 Å². The molecule has 1 aromatic carbocycles. The van der Waals surface area contributed by atoms with E-state index in [4.69, 9.17) is 20.9 Å². The molecule has 1 rings (SSSR count). The normalized spacial score (nSPS) is 11.5. The van der Waals surface area contributed by atoms with Crippen LogP contribution in [-0.4, -0.2) is 25.9 Å². The van der Waals surface area contributed by atoms with Crippen LogP contribution in [0.4, 0.5) is 0 Å². The van der Waals surface area contributed by atoms with Gasteiger partial charge in [-0.15, -0.1) is 12.4 Å². The molecule has 5 N–H and O–H groups in total. The molecule has 0 radical (unpaired) electrons. The van der Waals surface area contributed by atoms with Gasteiger partial charge in [0, 0.05) is 24.7 Å². The van der Waals surface area contributed by atoms with Crippen LogP contribution in [0, 0.1) is 0 Å². The molecule has 0 bridgehead atoms. The van der Waals surface area contributed by atoms with Crippen molar-refractivity contribution in [1.82, 2.24) is 0 Å². The number of hydrogen-bond acceptors (Lipinski definition) is 5. The van der Waals surface area contributed by atoms with Crippen LogP contribution < -0.4 is 20.9 Å². The predicted octanol–water partition coefficient (Wildman–Crippen LogP) is 0.790. The Labute approximate surface area is 101 Å². The fourth-order valence-corrected chi connectivity index (χ4v) is 1.41. The number of halogens is 1. The Morgan fingerprint density at radius 1 is 1.25 bits per heavy atom. The monoisotopic (exact) mass is 248 g/mol. The lowest BCUT2D eigenvalue weighted by Gasteiger charge is -2.17. The van der Waals surface area contributed by atoms with Crippen molar-refractivity contribution >= 4 is 12.4 Å². The molecule has 0 aliphatic heterocycles. The molecular weight excluding hydrogens is 232 g/mol. The second-order valence-corrected chi connectivity index (χ2v) is 3.11. The van der Waals surface area contributed by atoms with Gasteiger partial charge in [0.1, 0.15) is 17.2 Å². The average molecular weight is 249 g/mol. The summed E-state index contributed by atoms with van der Waals surface area (Å²) in [5, 5.41) is 9.40. The minimum Gasteiger partial charge on any atom is -0.508 e. The van der Waals surface area contributed by atoms with Crippen LogP contribution in [0.2, 0.25) is 0 Å². The Kier molecular flexibility index (Phi) is 5.95. The zero-order chi connectivity index (χ0) is 11.4. The van der Waals surface area contributed by atoms with E-state index in [0.29, 0.717) is 17.1 Å². The molecule has 6 heteroatoms. The average Bonchev–Trinajstić information content (AvgIpc) is 2.26. The first-order valence-corrected chi connectivity index (χ1v) is 4.54. The summed E-state index contributed by atoms with van der Waals surface area (Å²) in [6, 6.07) is 2.58. The number of phenolic OH excluding ortho intramolecular Hbond substituents is 1. The minimum atomic E-state index is -0.379. The minimum absolute atomic E-state index is 0. The van der Waals surface area contributed by atoms with Crippen LogP contribution in [-0.2, 0) is 0 Å². The molecule has 92 valence electrons. The summed E-state index contributed by atoms with van der Waals surface area (Å²) in [4.78, 5) is 0. The molecule has 0 unspecified atom stereocenters. The summed E-state index contributed by atoms with van der Waals surface area (Å²) in [6.45, 7) is 0.275. The Balaban J connectivity index is 0.00000225. The van der Waals surface area contributed by atoms with Crippen molar-refractivity contribution in [2.45, 2.75) is 6.04 Å². The smallest absolute Gasteiger partial charge is 0.131 e. The SMILES string of the molecule is COc1cc(O)cc(OC)c1[C@@H](N)CN.Cl. The van der Waals surface area contributed by atoms with Gasteiger partial charge in [-0.3, -0.25) is 0 Å². The lowest BCUT2D eigenvalue weighted by atomic mass is 10.0. The van der Waals surface area contributed by atoms with Gasteiger partial charge in [-0.2, -0.15) is 0 Å². The van der Waals surface area contributed by atoms with E-state index in [1.165, 1.54) is 26.4 Å². The van der Waals surface area contributed by atoms with E-state index in [0.717, 1.165) is 0 Å². The van der Waals surface area contributed by atoms with Gasteiger partial charge in [-0.25, -0.2) is 0 Å². The molecular formula is C10H17ClN2O3. The summed E-state index contributed by atoms with van der Waals surface area (Å²) < 4.78 is 10.2. The lowest BCUT2D eigenvalue weighted by Crippen LogP contribution is -2.22. The standard InChI is InChI=1S/C10H16N2O3.ClH/c1-14-8-3-6(13)4-9(15-2)10(8)7(12)5-11;/h3-4,7,13H,5,11-12H2,1-2H3;1H/t7-;/m0./s1. The molecule has 0 aromatic heterocycles. The second kappa shape index (κ2) is 6.42. The summed E-state index contributed by atoms with van der Waals surface area (Å²) in [7, 11) is 3.00. The maximum absolute atomic E-state index is 9.40. The first kappa shape index (κ1) is 14.8. The number of benzene rings is 1. The van der Waals surface area contributed by atoms with E-state index in [2.05, 4.69) is 0 Å². The fourth-order valence-electron chi connectivity index (χ4n) is 1.41. The second-order valence-electron chi connectivity index (χ2n) is 3.11. The number of nitrogens with two attached hydrogens (primary N) is 2. The van der Waals surface area contributed by atoms with Crippen molar-refractivity contribution in [2.75, 3.05) is 20.8 Å². The topological polar surface area (TPSA) is 90.7 Å². The zero-order valence-electron chi connectivity index (χ0n) is 9.27. The number of ether oxygens (including phenoxy) is 2. The van der Waals surface area contributed by atoms with Crippen LogP contribution in [0.25, 0.3) is 0 Å². The van der Waals surface area contributed by atoms with Crippen molar-refractivity contribution < 1.29 is 14.6 Å². The molecule has 0 saturated carbocycles. The maximum atomic E-state index is 9.40. The quantitative estimate of drug-likeness (QED) is 0.733. The van der Waals surface area contributed by atoms with Gasteiger partial charge in [0.05, 0.1) is 19.8 Å².